The lowest BCUT2D eigenvalue weighted by molar-refractivity contribution is -0.154. The maximum Gasteiger partial charge on any atom is 0.228 e. The van der Waals surface area contributed by atoms with E-state index in [1.807, 2.05) is 44.2 Å². The van der Waals surface area contributed by atoms with Gasteiger partial charge in [0.1, 0.15) is 0 Å². The van der Waals surface area contributed by atoms with Gasteiger partial charge in [0.05, 0.1) is 22.7 Å². The Bertz CT molecular complexity index is 819. The summed E-state index contributed by atoms with van der Waals surface area (Å²) in [6.45, 7) is 4.60. The lowest BCUT2D eigenvalue weighted by Crippen LogP contribution is -2.59. The van der Waals surface area contributed by atoms with Crippen LogP contribution in [0.4, 0.5) is 0 Å². The molecule has 4 nitrogen and oxygen atoms in total. The van der Waals surface area contributed by atoms with Crippen LogP contribution in [-0.2, 0) is 16.8 Å². The summed E-state index contributed by atoms with van der Waals surface area (Å²) in [6.07, 6.45) is 5.29. The van der Waals surface area contributed by atoms with E-state index < -0.39 is 5.60 Å². The molecule has 2 fully saturated rings. The molecule has 144 valence electrons. The zero-order chi connectivity index (χ0) is 19.0. The highest BCUT2D eigenvalue weighted by atomic mass is 32.1. The average molecular weight is 385 g/mol. The summed E-state index contributed by atoms with van der Waals surface area (Å²) in [5.74, 6) is 0.310. The van der Waals surface area contributed by atoms with Crippen molar-refractivity contribution in [3.8, 4) is 0 Å². The molecule has 0 spiro atoms. The van der Waals surface area contributed by atoms with Gasteiger partial charge in [0, 0.05) is 23.4 Å². The second kappa shape index (κ2) is 7.36. The molecule has 1 N–H and O–H groups in total. The third-order valence-electron chi connectivity index (χ3n) is 6.38. The van der Waals surface area contributed by atoms with Crippen molar-refractivity contribution >= 4 is 17.2 Å². The third kappa shape index (κ3) is 3.43. The second-order valence-electron chi connectivity index (χ2n) is 8.00. The fourth-order valence-electron chi connectivity index (χ4n) is 5.05. The molecule has 4 rings (SSSR count). The minimum atomic E-state index is -0.819. The Morgan fingerprint density at radius 2 is 2.00 bits per heavy atom. The monoisotopic (exact) mass is 384 g/mol. The van der Waals surface area contributed by atoms with Crippen molar-refractivity contribution in [3.63, 3.8) is 0 Å². The molecule has 0 bridgehead atoms. The molecule has 2 aliphatic rings. The summed E-state index contributed by atoms with van der Waals surface area (Å²) < 4.78 is 0. The van der Waals surface area contributed by atoms with Crippen molar-refractivity contribution in [3.05, 3.63) is 51.5 Å². The van der Waals surface area contributed by atoms with Crippen LogP contribution in [0.25, 0.3) is 0 Å². The number of aliphatic hydroxyl groups is 1. The van der Waals surface area contributed by atoms with E-state index in [1.54, 1.807) is 11.3 Å². The third-order valence-corrected chi connectivity index (χ3v) is 7.46. The van der Waals surface area contributed by atoms with Crippen molar-refractivity contribution in [1.29, 1.82) is 0 Å². The molecule has 1 saturated carbocycles. The quantitative estimate of drug-likeness (QED) is 0.871. The first kappa shape index (κ1) is 18.6. The molecule has 1 saturated heterocycles. The molecule has 3 atom stereocenters. The summed E-state index contributed by atoms with van der Waals surface area (Å²) in [5, 5.41) is 12.6. The van der Waals surface area contributed by atoms with Crippen LogP contribution in [0, 0.1) is 19.8 Å². The highest BCUT2D eigenvalue weighted by Gasteiger charge is 2.50. The van der Waals surface area contributed by atoms with Gasteiger partial charge in [-0.25, -0.2) is 4.98 Å². The lowest BCUT2D eigenvalue weighted by atomic mass is 9.66. The van der Waals surface area contributed by atoms with Gasteiger partial charge in [-0.2, -0.15) is 0 Å². The van der Waals surface area contributed by atoms with Gasteiger partial charge >= 0.3 is 0 Å². The van der Waals surface area contributed by atoms with Crippen molar-refractivity contribution < 1.29 is 9.90 Å². The van der Waals surface area contributed by atoms with Crippen LogP contribution in [0.3, 0.4) is 0 Å². The fraction of sp³-hybridized carbons (Fsp3) is 0.545. The molecule has 1 aromatic carbocycles. The van der Waals surface area contributed by atoms with Gasteiger partial charge in [0.15, 0.2) is 0 Å². The molecular weight excluding hydrogens is 356 g/mol. The number of aryl methyl sites for hydroxylation is 2. The maximum atomic E-state index is 13.2. The number of piperidine rings is 1. The van der Waals surface area contributed by atoms with Crippen molar-refractivity contribution in [2.45, 2.75) is 64.0 Å². The van der Waals surface area contributed by atoms with Crippen LogP contribution in [-0.4, -0.2) is 33.5 Å². The van der Waals surface area contributed by atoms with Crippen LogP contribution < -0.4 is 0 Å². The summed E-state index contributed by atoms with van der Waals surface area (Å²) in [7, 11) is 0. The van der Waals surface area contributed by atoms with Gasteiger partial charge in [-0.3, -0.25) is 4.79 Å². The van der Waals surface area contributed by atoms with E-state index in [9.17, 15) is 9.90 Å². The predicted molar refractivity (Wildman–Crippen MR) is 108 cm³/mol. The van der Waals surface area contributed by atoms with E-state index >= 15 is 0 Å². The van der Waals surface area contributed by atoms with Gasteiger partial charge in [-0.05, 0) is 38.7 Å². The number of hydrogen-bond acceptors (Lipinski definition) is 4. The van der Waals surface area contributed by atoms with Crippen LogP contribution in [0.1, 0.15) is 53.2 Å². The van der Waals surface area contributed by atoms with Crippen molar-refractivity contribution in [2.75, 3.05) is 6.54 Å². The molecule has 0 radical (unpaired) electrons. The Labute approximate surface area is 165 Å². The summed E-state index contributed by atoms with van der Waals surface area (Å²) in [4.78, 5) is 20.8. The van der Waals surface area contributed by atoms with Crippen molar-refractivity contribution in [2.24, 2.45) is 5.92 Å². The lowest BCUT2D eigenvalue weighted by Gasteiger charge is -2.52. The van der Waals surface area contributed by atoms with Gasteiger partial charge in [0.25, 0.3) is 0 Å². The molecule has 1 aromatic heterocycles. The minimum Gasteiger partial charge on any atom is -0.385 e. The molecule has 5 heteroatoms. The zero-order valence-electron chi connectivity index (χ0n) is 16.1. The average Bonchev–Trinajstić information content (AvgIpc) is 2.99. The number of nitrogens with zero attached hydrogens (tertiary/aromatic N) is 2. The Balaban J connectivity index is 1.58. The van der Waals surface area contributed by atoms with Crippen LogP contribution in [0.2, 0.25) is 0 Å². The van der Waals surface area contributed by atoms with E-state index in [4.69, 9.17) is 0 Å². The SMILES string of the molecule is Cc1nc(C)c(CC(=O)N2CC[C@@](O)(c3ccccc3)[C@H]3CCCCC32)s1. The van der Waals surface area contributed by atoms with Gasteiger partial charge in [-0.15, -0.1) is 11.3 Å². The Hall–Kier alpha value is -1.72. The molecule has 1 amide bonds. The number of carbonyl (C=O) groups excluding carboxylic acids is 1. The number of fused-ring (bicyclic) bond motifs is 1. The first-order valence-corrected chi connectivity index (χ1v) is 10.8. The first-order chi connectivity index (χ1) is 13.0. The number of thiazole rings is 1. The maximum absolute atomic E-state index is 13.2. The number of likely N-dealkylation sites (tertiary alicyclic amines) is 1. The first-order valence-electron chi connectivity index (χ1n) is 9.99. The minimum absolute atomic E-state index is 0.121. The zero-order valence-corrected chi connectivity index (χ0v) is 17.0. The molecule has 1 aliphatic heterocycles. The Morgan fingerprint density at radius 3 is 2.70 bits per heavy atom. The highest BCUT2D eigenvalue weighted by molar-refractivity contribution is 7.11. The van der Waals surface area contributed by atoms with E-state index in [-0.39, 0.29) is 17.9 Å². The fourth-order valence-corrected chi connectivity index (χ4v) is 5.98. The molecule has 2 heterocycles. The van der Waals surface area contributed by atoms with Gasteiger partial charge < -0.3 is 10.0 Å². The van der Waals surface area contributed by atoms with E-state index in [2.05, 4.69) is 9.88 Å². The van der Waals surface area contributed by atoms with Crippen molar-refractivity contribution in [1.82, 2.24) is 9.88 Å². The van der Waals surface area contributed by atoms with Crippen LogP contribution in [0.5, 0.6) is 0 Å². The molecule has 1 aliphatic carbocycles. The Kier molecular flexibility index (Phi) is 5.08. The topological polar surface area (TPSA) is 53.4 Å². The molecular formula is C22H28N2O2S. The van der Waals surface area contributed by atoms with Gasteiger partial charge in [-0.1, -0.05) is 43.2 Å². The number of aromatic nitrogens is 1. The number of hydrogen-bond donors (Lipinski definition) is 1. The summed E-state index contributed by atoms with van der Waals surface area (Å²) in [6, 6.07) is 10.2. The summed E-state index contributed by atoms with van der Waals surface area (Å²) >= 11 is 1.62. The standard InChI is InChI=1S/C22H28N2O2S/c1-15-20(27-16(2)23-15)14-21(25)24-13-12-22(26,17-8-4-3-5-9-17)18-10-6-7-11-19(18)24/h3-5,8-9,18-19,26H,6-7,10-14H2,1-2H3/t18-,19?,22+/m0/s1. The smallest absolute Gasteiger partial charge is 0.228 e. The number of amides is 1. The van der Waals surface area contributed by atoms with Crippen LogP contribution in [0.15, 0.2) is 30.3 Å². The molecule has 1 unspecified atom stereocenters. The Morgan fingerprint density at radius 1 is 1.26 bits per heavy atom. The van der Waals surface area contributed by atoms with E-state index in [0.717, 1.165) is 46.8 Å². The number of benzene rings is 1. The highest BCUT2D eigenvalue weighted by Crippen LogP contribution is 2.47. The van der Waals surface area contributed by atoms with E-state index in [0.29, 0.717) is 19.4 Å². The molecule has 27 heavy (non-hydrogen) atoms. The van der Waals surface area contributed by atoms with Gasteiger partial charge in [0.2, 0.25) is 5.91 Å². The predicted octanol–water partition coefficient (Wildman–Crippen LogP) is 3.98. The largest absolute Gasteiger partial charge is 0.385 e. The second-order valence-corrected chi connectivity index (χ2v) is 9.29. The number of rotatable bonds is 3. The van der Waals surface area contributed by atoms with Crippen LogP contribution >= 0.6 is 11.3 Å². The normalized spacial score (nSPS) is 28.0. The summed E-state index contributed by atoms with van der Waals surface area (Å²) in [5.41, 5.74) is 1.16. The number of carbonyl (C=O) groups is 1. The van der Waals surface area contributed by atoms with E-state index in [1.165, 1.54) is 0 Å². The molecule has 2 aromatic rings.